The molecule has 1 amide bonds. The Morgan fingerprint density at radius 1 is 1.44 bits per heavy atom. The maximum atomic E-state index is 12.2. The minimum absolute atomic E-state index is 0.307. The number of hydrogen-bond donors (Lipinski definition) is 1. The summed E-state index contributed by atoms with van der Waals surface area (Å²) in [4.78, 5) is 14.3. The number of amides is 1. The van der Waals surface area contributed by atoms with Crippen molar-refractivity contribution in [2.24, 2.45) is 17.6 Å². The molecule has 92 valence electrons. The highest BCUT2D eigenvalue weighted by Gasteiger charge is 2.30. The third-order valence-electron chi connectivity index (χ3n) is 3.68. The van der Waals surface area contributed by atoms with Gasteiger partial charge in [0.05, 0.1) is 0 Å². The first-order valence-corrected chi connectivity index (χ1v) is 7.53. The van der Waals surface area contributed by atoms with Crippen molar-refractivity contribution >= 4 is 17.7 Å². The molecule has 2 atom stereocenters. The molecule has 2 aliphatic rings. The third kappa shape index (κ3) is 2.92. The molecule has 4 heteroatoms. The molecule has 2 fully saturated rings. The fourth-order valence-corrected chi connectivity index (χ4v) is 3.94. The molecule has 0 saturated carbocycles. The van der Waals surface area contributed by atoms with Crippen LogP contribution in [0, 0.1) is 11.8 Å². The van der Waals surface area contributed by atoms with Gasteiger partial charge in [0.2, 0.25) is 5.91 Å². The van der Waals surface area contributed by atoms with Gasteiger partial charge in [-0.1, -0.05) is 0 Å². The van der Waals surface area contributed by atoms with Crippen molar-refractivity contribution < 1.29 is 4.79 Å². The van der Waals surface area contributed by atoms with Crippen LogP contribution < -0.4 is 5.73 Å². The first-order chi connectivity index (χ1) is 7.81. The molecule has 2 N–H and O–H groups in total. The number of rotatable bonds is 3. The van der Waals surface area contributed by atoms with E-state index in [2.05, 4.69) is 4.90 Å². The second kappa shape index (κ2) is 5.92. The highest BCUT2D eigenvalue weighted by Crippen LogP contribution is 2.27. The maximum Gasteiger partial charge on any atom is 0.226 e. The lowest BCUT2D eigenvalue weighted by atomic mass is 9.93. The summed E-state index contributed by atoms with van der Waals surface area (Å²) in [6.45, 7) is 2.68. The molecule has 16 heavy (non-hydrogen) atoms. The summed E-state index contributed by atoms with van der Waals surface area (Å²) >= 11 is 1.92. The van der Waals surface area contributed by atoms with Crippen molar-refractivity contribution in [3.63, 3.8) is 0 Å². The molecule has 0 aromatic heterocycles. The predicted molar refractivity (Wildman–Crippen MR) is 68.4 cm³/mol. The highest BCUT2D eigenvalue weighted by atomic mass is 32.2. The number of thioether (sulfide) groups is 1. The highest BCUT2D eigenvalue weighted by molar-refractivity contribution is 7.99. The van der Waals surface area contributed by atoms with Gasteiger partial charge >= 0.3 is 0 Å². The van der Waals surface area contributed by atoms with Crippen LogP contribution in [0.4, 0.5) is 0 Å². The van der Waals surface area contributed by atoms with Crippen LogP contribution in [0.25, 0.3) is 0 Å². The maximum absolute atomic E-state index is 12.2. The number of piperidine rings is 1. The van der Waals surface area contributed by atoms with Crippen LogP contribution in [-0.4, -0.2) is 41.9 Å². The van der Waals surface area contributed by atoms with Gasteiger partial charge in [-0.2, -0.15) is 11.8 Å². The van der Waals surface area contributed by atoms with E-state index in [1.165, 1.54) is 6.42 Å². The first kappa shape index (κ1) is 12.2. The van der Waals surface area contributed by atoms with Crippen LogP contribution in [-0.2, 0) is 4.79 Å². The first-order valence-electron chi connectivity index (χ1n) is 6.38. The number of hydrogen-bond acceptors (Lipinski definition) is 3. The number of likely N-dealkylation sites (tertiary alicyclic amines) is 1. The van der Waals surface area contributed by atoms with Gasteiger partial charge in [0, 0.05) is 24.8 Å². The van der Waals surface area contributed by atoms with Crippen molar-refractivity contribution in [3.05, 3.63) is 0 Å². The largest absolute Gasteiger partial charge is 0.342 e. The Morgan fingerprint density at radius 2 is 2.31 bits per heavy atom. The van der Waals surface area contributed by atoms with Crippen LogP contribution in [0.1, 0.15) is 25.7 Å². The van der Waals surface area contributed by atoms with E-state index in [4.69, 9.17) is 5.73 Å². The Hall–Kier alpha value is -0.220. The number of nitrogens with zero attached hydrogens (tertiary/aromatic N) is 1. The summed E-state index contributed by atoms with van der Waals surface area (Å²) in [6.07, 6.45) is 4.57. The molecule has 3 nitrogen and oxygen atoms in total. The van der Waals surface area contributed by atoms with Crippen LogP contribution in [0.15, 0.2) is 0 Å². The second-order valence-electron chi connectivity index (χ2n) is 4.93. The lowest BCUT2D eigenvalue weighted by Gasteiger charge is -2.34. The van der Waals surface area contributed by atoms with Gasteiger partial charge in [0.1, 0.15) is 0 Å². The van der Waals surface area contributed by atoms with Crippen LogP contribution >= 0.6 is 11.8 Å². The van der Waals surface area contributed by atoms with E-state index >= 15 is 0 Å². The Labute approximate surface area is 102 Å². The van der Waals surface area contributed by atoms with Crippen LogP contribution in [0.3, 0.4) is 0 Å². The van der Waals surface area contributed by atoms with E-state index in [0.717, 1.165) is 50.4 Å². The predicted octanol–water partition coefficient (Wildman–Crippen LogP) is 1.33. The van der Waals surface area contributed by atoms with E-state index in [1.54, 1.807) is 0 Å². The van der Waals surface area contributed by atoms with Crippen molar-refractivity contribution in [1.29, 1.82) is 0 Å². The van der Waals surface area contributed by atoms with Gasteiger partial charge < -0.3 is 10.6 Å². The van der Waals surface area contributed by atoms with Crippen LogP contribution in [0.2, 0.25) is 0 Å². The van der Waals surface area contributed by atoms with E-state index in [0.29, 0.717) is 17.7 Å². The third-order valence-corrected chi connectivity index (χ3v) is 4.85. The average molecular weight is 242 g/mol. The summed E-state index contributed by atoms with van der Waals surface area (Å²) in [5, 5.41) is 0. The van der Waals surface area contributed by atoms with Crippen molar-refractivity contribution in [3.8, 4) is 0 Å². The summed E-state index contributed by atoms with van der Waals surface area (Å²) in [5.41, 5.74) is 5.60. The molecule has 0 aromatic rings. The Kier molecular flexibility index (Phi) is 4.53. The molecule has 2 aliphatic heterocycles. The van der Waals surface area contributed by atoms with Gasteiger partial charge in [-0.15, -0.1) is 0 Å². The number of carbonyl (C=O) groups is 1. The summed E-state index contributed by atoms with van der Waals surface area (Å²) in [6, 6.07) is 0. The van der Waals surface area contributed by atoms with E-state index < -0.39 is 0 Å². The fraction of sp³-hybridized carbons (Fsp3) is 0.917. The molecule has 0 bridgehead atoms. The molecule has 0 aliphatic carbocycles. The molecule has 0 spiro atoms. The molecule has 2 unspecified atom stereocenters. The van der Waals surface area contributed by atoms with Crippen LogP contribution in [0.5, 0.6) is 0 Å². The van der Waals surface area contributed by atoms with Crippen molar-refractivity contribution in [1.82, 2.24) is 4.90 Å². The van der Waals surface area contributed by atoms with Gasteiger partial charge in [0.25, 0.3) is 0 Å². The van der Waals surface area contributed by atoms with Gasteiger partial charge in [-0.3, -0.25) is 4.79 Å². The monoisotopic (exact) mass is 242 g/mol. The fourth-order valence-electron chi connectivity index (χ4n) is 2.72. The lowest BCUT2D eigenvalue weighted by Crippen LogP contribution is -2.43. The molecule has 2 rings (SSSR count). The van der Waals surface area contributed by atoms with E-state index in [1.807, 2.05) is 11.8 Å². The Morgan fingerprint density at radius 3 is 3.00 bits per heavy atom. The van der Waals surface area contributed by atoms with E-state index in [-0.39, 0.29) is 0 Å². The molecule has 2 saturated heterocycles. The zero-order valence-electron chi connectivity index (χ0n) is 9.86. The molecular weight excluding hydrogens is 220 g/mol. The molecule has 0 radical (unpaired) electrons. The standard InChI is InChI=1S/C12H22N2OS/c13-5-3-10-2-1-6-14(8-10)12(15)11-4-7-16-9-11/h10-11H,1-9,13H2. The zero-order valence-corrected chi connectivity index (χ0v) is 10.7. The number of carbonyl (C=O) groups excluding carboxylic acids is 1. The van der Waals surface area contributed by atoms with Gasteiger partial charge in [0.15, 0.2) is 0 Å². The zero-order chi connectivity index (χ0) is 11.4. The quantitative estimate of drug-likeness (QED) is 0.812. The smallest absolute Gasteiger partial charge is 0.226 e. The number of nitrogens with two attached hydrogens (primary N) is 1. The average Bonchev–Trinajstić information content (AvgIpc) is 2.82. The summed E-state index contributed by atoms with van der Waals surface area (Å²) < 4.78 is 0. The molecule has 2 heterocycles. The van der Waals surface area contributed by atoms with Crippen molar-refractivity contribution in [2.45, 2.75) is 25.7 Å². The van der Waals surface area contributed by atoms with Gasteiger partial charge in [-0.05, 0) is 43.9 Å². The Bertz CT molecular complexity index is 239. The minimum atomic E-state index is 0.307. The van der Waals surface area contributed by atoms with Crippen molar-refractivity contribution in [2.75, 3.05) is 31.1 Å². The summed E-state index contributed by atoms with van der Waals surface area (Å²) in [5.74, 6) is 3.57. The SMILES string of the molecule is NCCC1CCCN(C(=O)C2CCSC2)C1. The minimum Gasteiger partial charge on any atom is -0.342 e. The topological polar surface area (TPSA) is 46.3 Å². The Balaban J connectivity index is 1.85. The molecule has 0 aromatic carbocycles. The van der Waals surface area contributed by atoms with Gasteiger partial charge in [-0.25, -0.2) is 0 Å². The summed E-state index contributed by atoms with van der Waals surface area (Å²) in [7, 11) is 0. The van der Waals surface area contributed by atoms with E-state index in [9.17, 15) is 4.79 Å². The normalized spacial score (nSPS) is 30.7. The second-order valence-corrected chi connectivity index (χ2v) is 6.08. The molecular formula is C12H22N2OS. The lowest BCUT2D eigenvalue weighted by molar-refractivity contribution is -0.136.